The number of benzene rings is 1. The number of carbonyl (C=O) groups is 1. The third-order valence-corrected chi connectivity index (χ3v) is 4.37. The van der Waals surface area contributed by atoms with Gasteiger partial charge in [-0.1, -0.05) is 25.0 Å². The predicted octanol–water partition coefficient (Wildman–Crippen LogP) is 3.20. The number of esters is 1. The van der Waals surface area contributed by atoms with Crippen molar-refractivity contribution in [2.75, 3.05) is 26.2 Å². The molecule has 4 nitrogen and oxygen atoms in total. The highest BCUT2D eigenvalue weighted by Gasteiger charge is 2.30. The van der Waals surface area contributed by atoms with Crippen molar-refractivity contribution >= 4 is 30.8 Å². The zero-order valence-corrected chi connectivity index (χ0v) is 15.1. The first-order chi connectivity index (χ1) is 10.2. The van der Waals surface area contributed by atoms with E-state index in [1.54, 1.807) is 0 Å². The fourth-order valence-corrected chi connectivity index (χ4v) is 3.08. The van der Waals surface area contributed by atoms with Crippen LogP contribution >= 0.6 is 24.8 Å². The smallest absolute Gasteiger partial charge is 0.308 e. The van der Waals surface area contributed by atoms with Crippen molar-refractivity contribution in [3.05, 3.63) is 29.8 Å². The van der Waals surface area contributed by atoms with E-state index in [2.05, 4.69) is 22.3 Å². The van der Waals surface area contributed by atoms with Crippen LogP contribution in [0.3, 0.4) is 0 Å². The van der Waals surface area contributed by atoms with Gasteiger partial charge < -0.3 is 10.1 Å². The van der Waals surface area contributed by atoms with Crippen molar-refractivity contribution in [1.82, 2.24) is 10.2 Å². The molecule has 0 amide bonds. The fourth-order valence-electron chi connectivity index (χ4n) is 3.08. The number of ether oxygens (including phenoxy) is 1. The summed E-state index contributed by atoms with van der Waals surface area (Å²) in [7, 11) is 0. The predicted molar refractivity (Wildman–Crippen MR) is 96.8 cm³/mol. The summed E-state index contributed by atoms with van der Waals surface area (Å²) >= 11 is 0. The Balaban J connectivity index is 0.00000132. The van der Waals surface area contributed by atoms with Crippen LogP contribution in [0, 0.1) is 5.92 Å². The highest BCUT2D eigenvalue weighted by Crippen LogP contribution is 2.40. The first-order valence-corrected chi connectivity index (χ1v) is 7.95. The van der Waals surface area contributed by atoms with Gasteiger partial charge in [0.2, 0.25) is 0 Å². The third-order valence-electron chi connectivity index (χ3n) is 4.37. The minimum absolute atomic E-state index is 0. The lowest BCUT2D eigenvalue weighted by Crippen LogP contribution is -2.45. The van der Waals surface area contributed by atoms with Gasteiger partial charge in [-0.2, -0.15) is 0 Å². The largest absolute Gasteiger partial charge is 0.427 e. The zero-order chi connectivity index (χ0) is 14.7. The number of piperazine rings is 1. The van der Waals surface area contributed by atoms with Crippen molar-refractivity contribution in [2.45, 2.75) is 32.2 Å². The van der Waals surface area contributed by atoms with Crippen molar-refractivity contribution in [2.24, 2.45) is 5.92 Å². The monoisotopic (exact) mass is 360 g/mol. The standard InChI is InChI=1S/C17H24N2O2.2ClH/c1-13(20)21-16-6-4-15(5-7-16)17(12-14-2-3-14)19-10-8-18-9-11-19;;/h4-7,14,17-18H,2-3,8-12H2,1H3;2*1H/t17-;;/m0../s1. The summed E-state index contributed by atoms with van der Waals surface area (Å²) in [6.45, 7) is 5.82. The summed E-state index contributed by atoms with van der Waals surface area (Å²) in [6.07, 6.45) is 4.02. The molecular formula is C17H26Cl2N2O2. The summed E-state index contributed by atoms with van der Waals surface area (Å²) in [4.78, 5) is 13.6. The van der Waals surface area contributed by atoms with E-state index in [1.807, 2.05) is 12.1 Å². The van der Waals surface area contributed by atoms with Gasteiger partial charge in [-0.25, -0.2) is 0 Å². The molecule has 0 radical (unpaired) electrons. The van der Waals surface area contributed by atoms with E-state index in [0.717, 1.165) is 32.1 Å². The van der Waals surface area contributed by atoms with Crippen LogP contribution < -0.4 is 10.1 Å². The van der Waals surface area contributed by atoms with E-state index in [1.165, 1.54) is 31.7 Å². The second-order valence-corrected chi connectivity index (χ2v) is 6.14. The molecule has 6 heteroatoms. The number of hydrogen-bond donors (Lipinski definition) is 1. The molecule has 0 aromatic heterocycles. The van der Waals surface area contributed by atoms with Crippen LogP contribution in [0.15, 0.2) is 24.3 Å². The van der Waals surface area contributed by atoms with Crippen molar-refractivity contribution in [3.8, 4) is 5.75 Å². The minimum atomic E-state index is -0.264. The van der Waals surface area contributed by atoms with Gasteiger partial charge in [0, 0.05) is 39.1 Å². The van der Waals surface area contributed by atoms with Gasteiger partial charge in [-0.15, -0.1) is 24.8 Å². The number of halogens is 2. The van der Waals surface area contributed by atoms with Crippen molar-refractivity contribution in [3.63, 3.8) is 0 Å². The minimum Gasteiger partial charge on any atom is -0.427 e. The first-order valence-electron chi connectivity index (χ1n) is 7.95. The Hall–Kier alpha value is -0.810. The molecule has 0 spiro atoms. The summed E-state index contributed by atoms with van der Waals surface area (Å²) in [6, 6.07) is 8.57. The van der Waals surface area contributed by atoms with E-state index in [9.17, 15) is 4.79 Å². The van der Waals surface area contributed by atoms with Crippen LogP contribution in [-0.2, 0) is 4.79 Å². The van der Waals surface area contributed by atoms with Gasteiger partial charge in [0.1, 0.15) is 5.75 Å². The SMILES string of the molecule is CC(=O)Oc1ccc([C@H](CC2CC2)N2CCNCC2)cc1.Cl.Cl. The maximum Gasteiger partial charge on any atom is 0.308 e. The number of rotatable bonds is 5. The lowest BCUT2D eigenvalue weighted by Gasteiger charge is -2.35. The molecular weight excluding hydrogens is 335 g/mol. The summed E-state index contributed by atoms with van der Waals surface area (Å²) < 4.78 is 5.13. The quantitative estimate of drug-likeness (QED) is 0.646. The van der Waals surface area contributed by atoms with E-state index < -0.39 is 0 Å². The Morgan fingerprint density at radius 3 is 2.35 bits per heavy atom. The third kappa shape index (κ3) is 5.96. The van der Waals surface area contributed by atoms with Crippen LogP contribution in [0.5, 0.6) is 5.75 Å². The fraction of sp³-hybridized carbons (Fsp3) is 0.588. The van der Waals surface area contributed by atoms with Crippen molar-refractivity contribution in [1.29, 1.82) is 0 Å². The molecule has 1 saturated heterocycles. The van der Waals surface area contributed by atoms with E-state index in [0.29, 0.717) is 11.8 Å². The molecule has 1 N–H and O–H groups in total. The Labute approximate surface area is 150 Å². The summed E-state index contributed by atoms with van der Waals surface area (Å²) in [5.74, 6) is 1.27. The second kappa shape index (κ2) is 9.48. The maximum absolute atomic E-state index is 11.0. The molecule has 1 saturated carbocycles. The Morgan fingerprint density at radius 2 is 1.83 bits per heavy atom. The molecule has 23 heavy (non-hydrogen) atoms. The van der Waals surface area contributed by atoms with Crippen LogP contribution in [0.25, 0.3) is 0 Å². The van der Waals surface area contributed by atoms with Crippen LogP contribution in [0.2, 0.25) is 0 Å². The average Bonchev–Trinajstić information content (AvgIpc) is 3.30. The molecule has 1 aromatic carbocycles. The van der Waals surface area contributed by atoms with Gasteiger partial charge in [0.15, 0.2) is 0 Å². The summed E-state index contributed by atoms with van der Waals surface area (Å²) in [5, 5.41) is 3.42. The molecule has 3 rings (SSSR count). The van der Waals surface area contributed by atoms with Gasteiger partial charge >= 0.3 is 5.97 Å². The molecule has 1 aromatic rings. The molecule has 1 aliphatic heterocycles. The molecule has 2 aliphatic rings. The van der Waals surface area contributed by atoms with E-state index >= 15 is 0 Å². The van der Waals surface area contributed by atoms with Crippen LogP contribution in [0.1, 0.15) is 37.8 Å². The van der Waals surface area contributed by atoms with E-state index in [-0.39, 0.29) is 30.8 Å². The Morgan fingerprint density at radius 1 is 1.22 bits per heavy atom. The molecule has 1 heterocycles. The Kier molecular flexibility index (Phi) is 8.34. The average molecular weight is 361 g/mol. The normalized spacial score (nSPS) is 19.2. The first kappa shape index (κ1) is 20.2. The van der Waals surface area contributed by atoms with Crippen LogP contribution in [0.4, 0.5) is 0 Å². The zero-order valence-electron chi connectivity index (χ0n) is 13.5. The molecule has 2 fully saturated rings. The lowest BCUT2D eigenvalue weighted by atomic mass is 9.98. The topological polar surface area (TPSA) is 41.6 Å². The second-order valence-electron chi connectivity index (χ2n) is 6.14. The number of nitrogens with one attached hydrogen (secondary N) is 1. The van der Waals surface area contributed by atoms with E-state index in [4.69, 9.17) is 4.74 Å². The number of hydrogen-bond acceptors (Lipinski definition) is 4. The number of nitrogens with zero attached hydrogens (tertiary/aromatic N) is 1. The van der Waals surface area contributed by atoms with Crippen molar-refractivity contribution < 1.29 is 9.53 Å². The maximum atomic E-state index is 11.0. The summed E-state index contributed by atoms with van der Waals surface area (Å²) in [5.41, 5.74) is 1.35. The highest BCUT2D eigenvalue weighted by atomic mass is 35.5. The van der Waals surface area contributed by atoms with Gasteiger partial charge in [0.05, 0.1) is 0 Å². The number of carbonyl (C=O) groups excluding carboxylic acids is 1. The van der Waals surface area contributed by atoms with Crippen LogP contribution in [-0.4, -0.2) is 37.0 Å². The lowest BCUT2D eigenvalue weighted by molar-refractivity contribution is -0.131. The molecule has 0 unspecified atom stereocenters. The molecule has 1 atom stereocenters. The molecule has 130 valence electrons. The Bertz CT molecular complexity index is 486. The van der Waals surface area contributed by atoms with Gasteiger partial charge in [-0.05, 0) is 30.0 Å². The molecule has 1 aliphatic carbocycles. The molecule has 0 bridgehead atoms. The van der Waals surface area contributed by atoms with Gasteiger partial charge in [-0.3, -0.25) is 9.69 Å². The highest BCUT2D eigenvalue weighted by molar-refractivity contribution is 5.85. The van der Waals surface area contributed by atoms with Gasteiger partial charge in [0.25, 0.3) is 0 Å².